The van der Waals surface area contributed by atoms with E-state index in [1.54, 1.807) is 0 Å². The number of halogens is 1. The van der Waals surface area contributed by atoms with Crippen LogP contribution in [0, 0.1) is 12.7 Å². The molecule has 2 aromatic carbocycles. The molecular formula is C23H21FN4O. The van der Waals surface area contributed by atoms with Gasteiger partial charge in [0.1, 0.15) is 11.4 Å². The average Bonchev–Trinajstić information content (AvgIpc) is 3.23. The zero-order valence-electron chi connectivity index (χ0n) is 16.5. The molecule has 4 rings (SSSR count). The highest BCUT2D eigenvalue weighted by Crippen LogP contribution is 2.33. The quantitative estimate of drug-likeness (QED) is 0.470. The van der Waals surface area contributed by atoms with Crippen LogP contribution in [0.1, 0.15) is 30.5 Å². The Labute approximate surface area is 168 Å². The molecule has 4 aromatic rings. The second-order valence-corrected chi connectivity index (χ2v) is 7.41. The zero-order chi connectivity index (χ0) is 20.4. The van der Waals surface area contributed by atoms with Crippen LogP contribution >= 0.6 is 0 Å². The highest BCUT2D eigenvalue weighted by atomic mass is 19.1. The summed E-state index contributed by atoms with van der Waals surface area (Å²) in [5.74, 6) is 0.248. The van der Waals surface area contributed by atoms with E-state index in [9.17, 15) is 4.39 Å². The third kappa shape index (κ3) is 3.87. The fourth-order valence-electron chi connectivity index (χ4n) is 3.15. The summed E-state index contributed by atoms with van der Waals surface area (Å²) in [5.41, 5.74) is 3.66. The van der Waals surface area contributed by atoms with Gasteiger partial charge in [-0.25, -0.2) is 9.37 Å². The van der Waals surface area contributed by atoms with Crippen LogP contribution in [0.2, 0.25) is 0 Å². The van der Waals surface area contributed by atoms with Crippen LogP contribution in [0.5, 0.6) is 11.6 Å². The highest BCUT2D eigenvalue weighted by molar-refractivity contribution is 5.41. The van der Waals surface area contributed by atoms with Crippen molar-refractivity contribution in [1.29, 1.82) is 0 Å². The van der Waals surface area contributed by atoms with E-state index in [-0.39, 0.29) is 17.0 Å². The van der Waals surface area contributed by atoms with Crippen molar-refractivity contribution in [2.75, 3.05) is 0 Å². The molecule has 0 aliphatic carbocycles. The highest BCUT2D eigenvalue weighted by Gasteiger charge is 2.23. The number of pyridine rings is 1. The van der Waals surface area contributed by atoms with Crippen molar-refractivity contribution in [3.05, 3.63) is 95.7 Å². The van der Waals surface area contributed by atoms with Crippen LogP contribution in [0.3, 0.4) is 0 Å². The van der Waals surface area contributed by atoms with Crippen molar-refractivity contribution >= 4 is 0 Å². The third-order valence-electron chi connectivity index (χ3n) is 5.01. The van der Waals surface area contributed by atoms with Gasteiger partial charge in [-0.3, -0.25) is 0 Å². The van der Waals surface area contributed by atoms with Gasteiger partial charge in [-0.2, -0.15) is 10.2 Å². The van der Waals surface area contributed by atoms with Gasteiger partial charge < -0.3 is 4.74 Å². The molecule has 6 heteroatoms. The van der Waals surface area contributed by atoms with E-state index < -0.39 is 5.82 Å². The van der Waals surface area contributed by atoms with Crippen LogP contribution in [0.25, 0.3) is 5.69 Å². The van der Waals surface area contributed by atoms with Crippen LogP contribution in [0.15, 0.2) is 73.2 Å². The Bertz CT molecular complexity index is 1100. The van der Waals surface area contributed by atoms with E-state index >= 15 is 0 Å². The molecule has 0 bridgehead atoms. The molecular weight excluding hydrogens is 367 g/mol. The van der Waals surface area contributed by atoms with E-state index in [1.807, 2.05) is 24.3 Å². The topological polar surface area (TPSA) is 52.8 Å². The molecule has 0 saturated carbocycles. The Morgan fingerprint density at radius 2 is 1.48 bits per heavy atom. The van der Waals surface area contributed by atoms with Crippen molar-refractivity contribution in [2.24, 2.45) is 0 Å². The van der Waals surface area contributed by atoms with Gasteiger partial charge in [-0.05, 0) is 30.2 Å². The van der Waals surface area contributed by atoms with Gasteiger partial charge in [-0.15, -0.1) is 4.80 Å². The van der Waals surface area contributed by atoms with Gasteiger partial charge in [0.05, 0.1) is 18.6 Å². The van der Waals surface area contributed by atoms with E-state index in [1.165, 1.54) is 40.6 Å². The number of hydrogen-bond donors (Lipinski definition) is 0. The molecule has 0 amide bonds. The molecule has 0 aliphatic rings. The number of benzene rings is 2. The molecule has 0 unspecified atom stereocenters. The predicted molar refractivity (Wildman–Crippen MR) is 109 cm³/mol. The van der Waals surface area contributed by atoms with Crippen LogP contribution in [0.4, 0.5) is 4.39 Å². The van der Waals surface area contributed by atoms with Crippen LogP contribution in [-0.2, 0) is 5.41 Å². The Hall–Kier alpha value is -3.54. The standard InChI is InChI=1S/C23H21FN4O/c1-16-4-6-17(7-5-16)23(2,3)18-8-10-19(11-9-18)29-22-14-20(24)21(15-25-22)28-26-12-13-27-28/h4-15H,1-3H3. The summed E-state index contributed by atoms with van der Waals surface area (Å²) in [7, 11) is 0. The third-order valence-corrected chi connectivity index (χ3v) is 5.01. The second-order valence-electron chi connectivity index (χ2n) is 7.41. The van der Waals surface area contributed by atoms with Crippen LogP contribution < -0.4 is 4.74 Å². The smallest absolute Gasteiger partial charge is 0.222 e. The first-order valence-electron chi connectivity index (χ1n) is 9.31. The van der Waals surface area contributed by atoms with Gasteiger partial charge in [-0.1, -0.05) is 55.8 Å². The minimum Gasteiger partial charge on any atom is -0.439 e. The first-order valence-corrected chi connectivity index (χ1v) is 9.31. The van der Waals surface area contributed by atoms with Gasteiger partial charge in [0.25, 0.3) is 0 Å². The lowest BCUT2D eigenvalue weighted by Gasteiger charge is -2.26. The Kier molecular flexibility index (Phi) is 4.84. The minimum atomic E-state index is -0.511. The number of nitrogens with zero attached hydrogens (tertiary/aromatic N) is 4. The molecule has 0 radical (unpaired) electrons. The Morgan fingerprint density at radius 1 is 0.897 bits per heavy atom. The number of rotatable bonds is 5. The molecule has 0 fully saturated rings. The molecule has 0 saturated heterocycles. The number of hydrogen-bond acceptors (Lipinski definition) is 4. The maximum Gasteiger partial charge on any atom is 0.222 e. The minimum absolute atomic E-state index is 0.144. The van der Waals surface area contributed by atoms with Crippen LogP contribution in [-0.4, -0.2) is 20.0 Å². The van der Waals surface area contributed by atoms with Gasteiger partial charge in [0.2, 0.25) is 5.88 Å². The van der Waals surface area contributed by atoms with Crippen molar-refractivity contribution in [3.8, 4) is 17.3 Å². The summed E-state index contributed by atoms with van der Waals surface area (Å²) in [4.78, 5) is 5.33. The lowest BCUT2D eigenvalue weighted by atomic mass is 9.78. The summed E-state index contributed by atoms with van der Waals surface area (Å²) in [6, 6.07) is 17.6. The van der Waals surface area contributed by atoms with E-state index in [2.05, 4.69) is 60.2 Å². The molecule has 2 aromatic heterocycles. The second kappa shape index (κ2) is 7.47. The fraction of sp³-hybridized carbons (Fsp3) is 0.174. The van der Waals surface area contributed by atoms with E-state index in [0.717, 1.165) is 5.56 Å². The zero-order valence-corrected chi connectivity index (χ0v) is 16.5. The molecule has 0 aliphatic heterocycles. The molecule has 146 valence electrons. The van der Waals surface area contributed by atoms with Crippen molar-refractivity contribution < 1.29 is 9.13 Å². The first kappa shape index (κ1) is 18.8. The van der Waals surface area contributed by atoms with Crippen molar-refractivity contribution in [1.82, 2.24) is 20.0 Å². The van der Waals surface area contributed by atoms with Gasteiger partial charge >= 0.3 is 0 Å². The summed E-state index contributed by atoms with van der Waals surface area (Å²) < 4.78 is 20.1. The summed E-state index contributed by atoms with van der Waals surface area (Å²) in [5, 5.41) is 7.82. The summed E-state index contributed by atoms with van der Waals surface area (Å²) >= 11 is 0. The lowest BCUT2D eigenvalue weighted by molar-refractivity contribution is 0.454. The summed E-state index contributed by atoms with van der Waals surface area (Å²) in [6.45, 7) is 6.46. The largest absolute Gasteiger partial charge is 0.439 e. The number of ether oxygens (including phenoxy) is 1. The van der Waals surface area contributed by atoms with Crippen molar-refractivity contribution in [3.63, 3.8) is 0 Å². The SMILES string of the molecule is Cc1ccc(C(C)(C)c2ccc(Oc3cc(F)c(-n4nccn4)cn3)cc2)cc1. The van der Waals surface area contributed by atoms with Gasteiger partial charge in [0.15, 0.2) is 5.82 Å². The molecule has 0 atom stereocenters. The first-order chi connectivity index (χ1) is 13.9. The normalized spacial score (nSPS) is 11.4. The van der Waals surface area contributed by atoms with E-state index in [4.69, 9.17) is 4.74 Å². The molecule has 0 N–H and O–H groups in total. The van der Waals surface area contributed by atoms with Gasteiger partial charge in [0, 0.05) is 11.5 Å². The maximum atomic E-state index is 14.3. The Morgan fingerprint density at radius 3 is 2.07 bits per heavy atom. The molecule has 0 spiro atoms. The predicted octanol–water partition coefficient (Wildman–Crippen LogP) is 5.23. The fourth-order valence-corrected chi connectivity index (χ4v) is 3.15. The average molecular weight is 388 g/mol. The molecule has 2 heterocycles. The summed E-state index contributed by atoms with van der Waals surface area (Å²) in [6.07, 6.45) is 4.30. The Balaban J connectivity index is 1.52. The van der Waals surface area contributed by atoms with Crippen molar-refractivity contribution in [2.45, 2.75) is 26.2 Å². The van der Waals surface area contributed by atoms with E-state index in [0.29, 0.717) is 5.75 Å². The maximum absolute atomic E-state index is 14.3. The number of aromatic nitrogens is 4. The monoisotopic (exact) mass is 388 g/mol. The molecule has 29 heavy (non-hydrogen) atoms. The number of aryl methyl sites for hydroxylation is 1. The molecule has 5 nitrogen and oxygen atoms in total. The lowest BCUT2D eigenvalue weighted by Crippen LogP contribution is -2.18.